The molecule has 35 heavy (non-hydrogen) atoms. The minimum atomic E-state index is -3.96. The summed E-state index contributed by atoms with van der Waals surface area (Å²) in [5, 5.41) is 9.65. The van der Waals surface area contributed by atoms with Crippen LogP contribution in [0.4, 0.5) is 11.5 Å². The minimum Gasteiger partial charge on any atom is -0.459 e. The summed E-state index contributed by atoms with van der Waals surface area (Å²) in [6.07, 6.45) is 3.49. The fourth-order valence-corrected chi connectivity index (χ4v) is 5.28. The lowest BCUT2D eigenvalue weighted by molar-refractivity contribution is -0.00483. The Morgan fingerprint density at radius 1 is 1.26 bits per heavy atom. The van der Waals surface area contributed by atoms with Gasteiger partial charge in [0.2, 0.25) is 0 Å². The molecule has 3 heterocycles. The number of rotatable bonds is 10. The second-order valence-corrected chi connectivity index (χ2v) is 10.7. The van der Waals surface area contributed by atoms with Crippen LogP contribution >= 0.6 is 11.6 Å². The number of ether oxygens (including phenoxy) is 2. The van der Waals surface area contributed by atoms with E-state index in [1.165, 1.54) is 18.3 Å². The first-order valence-electron chi connectivity index (χ1n) is 11.3. The molecule has 0 saturated carbocycles. The molecule has 0 aliphatic carbocycles. The summed E-state index contributed by atoms with van der Waals surface area (Å²) in [5.74, 6) is 1.03. The summed E-state index contributed by atoms with van der Waals surface area (Å²) in [5.41, 5.74) is 2.60. The van der Waals surface area contributed by atoms with Gasteiger partial charge < -0.3 is 24.0 Å². The topological polar surface area (TPSA) is 126 Å². The van der Waals surface area contributed by atoms with Crippen molar-refractivity contribution in [3.8, 4) is 0 Å². The number of furan rings is 1. The van der Waals surface area contributed by atoms with Gasteiger partial charge in [-0.05, 0) is 51.0 Å². The van der Waals surface area contributed by atoms with E-state index in [0.717, 1.165) is 18.2 Å². The quantitative estimate of drug-likeness (QED) is 0.204. The number of pyridine rings is 1. The van der Waals surface area contributed by atoms with Crippen molar-refractivity contribution in [3.05, 3.63) is 47.3 Å². The summed E-state index contributed by atoms with van der Waals surface area (Å²) in [6, 6.07) is 7.94. The third-order valence-corrected chi connectivity index (χ3v) is 7.12. The highest BCUT2D eigenvalue weighted by atomic mass is 35.5. The second kappa shape index (κ2) is 11.1. The minimum absolute atomic E-state index is 0.0406. The number of nitrogens with one attached hydrogen (secondary N) is 2. The number of halogens is 1. The first kappa shape index (κ1) is 25.7. The smallest absolute Gasteiger partial charge is 0.262 e. The highest BCUT2D eigenvalue weighted by molar-refractivity contribution is 7.92. The van der Waals surface area contributed by atoms with E-state index in [1.54, 1.807) is 18.2 Å². The van der Waals surface area contributed by atoms with Gasteiger partial charge in [-0.15, -0.1) is 0 Å². The zero-order valence-corrected chi connectivity index (χ0v) is 21.1. The van der Waals surface area contributed by atoms with Crippen molar-refractivity contribution >= 4 is 44.1 Å². The molecule has 1 fully saturated rings. The molecule has 0 atom stereocenters. The molecule has 3 aromatic rings. The van der Waals surface area contributed by atoms with Gasteiger partial charge in [0.1, 0.15) is 24.7 Å². The lowest BCUT2D eigenvalue weighted by atomic mass is 10.1. The first-order chi connectivity index (χ1) is 16.7. The standard InChI is InChI=1S/C23H29ClN4O6S/c1-15(2)33-18-5-7-28(8-6-18)23-21(10-17(24)12-25-23)27-35(30,31)20-4-3-16-9-19(13-32-14-26-29)34-22(16)11-20/h3-4,9-12,15,18,26-27,29H,5-8,13-14H2,1-2H3. The molecule has 1 aliphatic rings. The Morgan fingerprint density at radius 3 is 2.74 bits per heavy atom. The summed E-state index contributed by atoms with van der Waals surface area (Å²) < 4.78 is 45.9. The Balaban J connectivity index is 1.53. The molecule has 10 nitrogen and oxygen atoms in total. The number of piperidine rings is 1. The number of hydrogen-bond acceptors (Lipinski definition) is 9. The molecule has 3 N–H and O–H groups in total. The van der Waals surface area contributed by atoms with Crippen LogP contribution in [0.15, 0.2) is 45.8 Å². The fourth-order valence-electron chi connectivity index (χ4n) is 4.05. The molecular formula is C23H29ClN4O6S. The Morgan fingerprint density at radius 2 is 2.03 bits per heavy atom. The van der Waals surface area contributed by atoms with Gasteiger partial charge in [-0.25, -0.2) is 13.4 Å². The predicted octanol–water partition coefficient (Wildman–Crippen LogP) is 4.13. The van der Waals surface area contributed by atoms with Gasteiger partial charge in [-0.1, -0.05) is 11.6 Å². The van der Waals surface area contributed by atoms with Crippen LogP contribution in [0.5, 0.6) is 0 Å². The van der Waals surface area contributed by atoms with Crippen molar-refractivity contribution in [2.75, 3.05) is 29.4 Å². The number of hydroxylamine groups is 1. The highest BCUT2D eigenvalue weighted by Crippen LogP contribution is 2.32. The van der Waals surface area contributed by atoms with Crippen LogP contribution in [0.3, 0.4) is 0 Å². The van der Waals surface area contributed by atoms with E-state index in [2.05, 4.69) is 9.71 Å². The number of fused-ring (bicyclic) bond motifs is 1. The number of hydrogen-bond donors (Lipinski definition) is 3. The molecule has 1 aromatic carbocycles. The molecule has 0 bridgehead atoms. The Hall–Kier alpha value is -2.41. The Bertz CT molecular complexity index is 1260. The maximum Gasteiger partial charge on any atom is 0.262 e. The average Bonchev–Trinajstić information content (AvgIpc) is 3.21. The van der Waals surface area contributed by atoms with E-state index in [1.807, 2.05) is 24.2 Å². The SMILES string of the molecule is CC(C)OC1CCN(c2ncc(Cl)cc2NS(=O)(=O)c2ccc3cc(COCNO)oc3c2)CC1. The number of benzene rings is 1. The molecule has 0 radical (unpaired) electrons. The maximum atomic E-state index is 13.3. The van der Waals surface area contributed by atoms with Crippen molar-refractivity contribution in [2.45, 2.75) is 50.4 Å². The normalized spacial score (nSPS) is 15.3. The molecule has 2 aromatic heterocycles. The molecule has 12 heteroatoms. The Kier molecular flexibility index (Phi) is 8.15. The van der Waals surface area contributed by atoms with Gasteiger partial charge in [0.05, 0.1) is 27.8 Å². The Labute approximate surface area is 209 Å². The van der Waals surface area contributed by atoms with Crippen molar-refractivity contribution in [2.24, 2.45) is 0 Å². The summed E-state index contributed by atoms with van der Waals surface area (Å²) >= 11 is 6.16. The lowest BCUT2D eigenvalue weighted by Gasteiger charge is -2.34. The van der Waals surface area contributed by atoms with Crippen molar-refractivity contribution < 1.29 is 27.5 Å². The predicted molar refractivity (Wildman–Crippen MR) is 132 cm³/mol. The van der Waals surface area contributed by atoms with E-state index in [-0.39, 0.29) is 30.4 Å². The molecule has 1 saturated heterocycles. The van der Waals surface area contributed by atoms with Gasteiger partial charge in [-0.3, -0.25) is 4.72 Å². The summed E-state index contributed by atoms with van der Waals surface area (Å²) in [6.45, 7) is 5.48. The molecule has 0 spiro atoms. The van der Waals surface area contributed by atoms with E-state index in [4.69, 9.17) is 30.7 Å². The molecule has 4 rings (SSSR count). The van der Waals surface area contributed by atoms with Gasteiger partial charge in [-0.2, -0.15) is 5.48 Å². The third-order valence-electron chi connectivity index (χ3n) is 5.55. The summed E-state index contributed by atoms with van der Waals surface area (Å²) in [4.78, 5) is 6.51. The van der Waals surface area contributed by atoms with Crippen LogP contribution < -0.4 is 15.1 Å². The highest BCUT2D eigenvalue weighted by Gasteiger charge is 2.25. The van der Waals surface area contributed by atoms with Crippen molar-refractivity contribution in [1.82, 2.24) is 10.5 Å². The summed E-state index contributed by atoms with van der Waals surface area (Å²) in [7, 11) is -3.96. The van der Waals surface area contributed by atoms with Gasteiger partial charge in [0.25, 0.3) is 10.0 Å². The van der Waals surface area contributed by atoms with Crippen molar-refractivity contribution in [3.63, 3.8) is 0 Å². The molecule has 0 unspecified atom stereocenters. The molecular weight excluding hydrogens is 496 g/mol. The van der Waals surface area contributed by atoms with Gasteiger partial charge >= 0.3 is 0 Å². The maximum absolute atomic E-state index is 13.3. The van der Waals surface area contributed by atoms with E-state index in [9.17, 15) is 8.42 Å². The lowest BCUT2D eigenvalue weighted by Crippen LogP contribution is -2.38. The number of aromatic nitrogens is 1. The van der Waals surface area contributed by atoms with Gasteiger partial charge in [0.15, 0.2) is 5.82 Å². The van der Waals surface area contributed by atoms with Gasteiger partial charge in [0, 0.05) is 30.7 Å². The fraction of sp³-hybridized carbons (Fsp3) is 0.435. The van der Waals surface area contributed by atoms with Crippen LogP contribution in [0, 0.1) is 0 Å². The van der Waals surface area contributed by atoms with Crippen LogP contribution in [0.25, 0.3) is 11.0 Å². The molecule has 1 aliphatic heterocycles. The van der Waals surface area contributed by atoms with Crippen LogP contribution in [0.1, 0.15) is 32.4 Å². The van der Waals surface area contributed by atoms with Crippen LogP contribution in [-0.2, 0) is 26.1 Å². The van der Waals surface area contributed by atoms with E-state index in [0.29, 0.717) is 41.0 Å². The van der Waals surface area contributed by atoms with Crippen molar-refractivity contribution in [1.29, 1.82) is 0 Å². The van der Waals surface area contributed by atoms with E-state index >= 15 is 0 Å². The molecule has 190 valence electrons. The second-order valence-electron chi connectivity index (χ2n) is 8.56. The van der Waals surface area contributed by atoms with Crippen LogP contribution in [0.2, 0.25) is 5.02 Å². The molecule has 0 amide bonds. The number of sulfonamides is 1. The van der Waals surface area contributed by atoms with Crippen LogP contribution in [-0.4, -0.2) is 50.6 Å². The first-order valence-corrected chi connectivity index (χ1v) is 13.2. The number of nitrogens with zero attached hydrogens (tertiary/aromatic N) is 2. The monoisotopic (exact) mass is 524 g/mol. The zero-order chi connectivity index (χ0) is 25.0. The van der Waals surface area contributed by atoms with E-state index < -0.39 is 10.0 Å². The largest absolute Gasteiger partial charge is 0.459 e. The number of anilines is 2. The third kappa shape index (κ3) is 6.43. The average molecular weight is 525 g/mol. The zero-order valence-electron chi connectivity index (χ0n) is 19.5.